The number of hydrogen-bond acceptors (Lipinski definition) is 3. The standard InChI is InChI=1S/C22H32Cl2N2O4.Na/c1-3-5-7-13-26(14-8-6-4-2)22(30)19(11-12-20(27)28)25-21(29)16-9-10-17(23)18(24)15-16;/h9-10,15,19H,3-8,11-14H2,1-2H3,(H,25,29)(H,27,28);/q;+1/t19-;/m1./s1. The molecule has 9 heteroatoms. The van der Waals surface area contributed by atoms with Gasteiger partial charge in [0, 0.05) is 25.1 Å². The Labute approximate surface area is 217 Å². The Morgan fingerprint density at radius 3 is 2.06 bits per heavy atom. The molecule has 0 aliphatic carbocycles. The maximum absolute atomic E-state index is 13.2. The molecule has 1 aromatic rings. The molecule has 1 aromatic carbocycles. The molecule has 0 aliphatic rings. The minimum absolute atomic E-state index is 0. The van der Waals surface area contributed by atoms with Gasteiger partial charge in [-0.25, -0.2) is 0 Å². The summed E-state index contributed by atoms with van der Waals surface area (Å²) in [4.78, 5) is 38.7. The summed E-state index contributed by atoms with van der Waals surface area (Å²) in [5.74, 6) is -1.74. The van der Waals surface area contributed by atoms with Crippen LogP contribution in [0.15, 0.2) is 18.2 Å². The summed E-state index contributed by atoms with van der Waals surface area (Å²) in [5, 5.41) is 12.3. The second kappa shape index (κ2) is 16.8. The molecule has 2 N–H and O–H groups in total. The molecule has 0 radical (unpaired) electrons. The number of aliphatic carboxylic acids is 1. The number of rotatable bonds is 14. The van der Waals surface area contributed by atoms with Gasteiger partial charge in [-0.15, -0.1) is 0 Å². The van der Waals surface area contributed by atoms with Gasteiger partial charge in [-0.1, -0.05) is 62.7 Å². The van der Waals surface area contributed by atoms with Gasteiger partial charge in [0.05, 0.1) is 10.0 Å². The zero-order valence-electron chi connectivity index (χ0n) is 18.8. The van der Waals surface area contributed by atoms with Crippen molar-refractivity contribution in [2.24, 2.45) is 0 Å². The van der Waals surface area contributed by atoms with Crippen LogP contribution in [-0.4, -0.2) is 46.9 Å². The summed E-state index contributed by atoms with van der Waals surface area (Å²) in [6.45, 7) is 5.39. The maximum Gasteiger partial charge on any atom is 1.00 e. The predicted molar refractivity (Wildman–Crippen MR) is 120 cm³/mol. The van der Waals surface area contributed by atoms with Crippen LogP contribution in [0.25, 0.3) is 0 Å². The zero-order chi connectivity index (χ0) is 22.5. The molecule has 0 aromatic heterocycles. The Balaban J connectivity index is 0.00000900. The average molecular weight is 482 g/mol. The Morgan fingerprint density at radius 1 is 1.00 bits per heavy atom. The molecule has 31 heavy (non-hydrogen) atoms. The first-order chi connectivity index (χ1) is 14.3. The molecule has 168 valence electrons. The Morgan fingerprint density at radius 2 is 1.58 bits per heavy atom. The van der Waals surface area contributed by atoms with E-state index in [1.54, 1.807) is 4.90 Å². The number of amides is 2. The van der Waals surface area contributed by atoms with Crippen molar-refractivity contribution in [2.45, 2.75) is 71.3 Å². The average Bonchev–Trinajstić information content (AvgIpc) is 2.71. The second-order valence-corrected chi connectivity index (χ2v) is 8.14. The topological polar surface area (TPSA) is 86.7 Å². The van der Waals surface area contributed by atoms with Crippen molar-refractivity contribution in [1.82, 2.24) is 10.2 Å². The number of nitrogens with zero attached hydrogens (tertiary/aromatic N) is 1. The number of benzene rings is 1. The number of carbonyl (C=O) groups excluding carboxylic acids is 2. The van der Waals surface area contributed by atoms with Gasteiger partial charge in [0.15, 0.2) is 0 Å². The van der Waals surface area contributed by atoms with Crippen LogP contribution < -0.4 is 34.9 Å². The fourth-order valence-corrected chi connectivity index (χ4v) is 3.36. The summed E-state index contributed by atoms with van der Waals surface area (Å²) in [6.07, 6.45) is 5.65. The second-order valence-electron chi connectivity index (χ2n) is 7.33. The molecule has 1 atom stereocenters. The zero-order valence-corrected chi connectivity index (χ0v) is 22.3. The van der Waals surface area contributed by atoms with Crippen molar-refractivity contribution in [1.29, 1.82) is 0 Å². The predicted octanol–water partition coefficient (Wildman–Crippen LogP) is 2.17. The van der Waals surface area contributed by atoms with Crippen LogP contribution in [-0.2, 0) is 9.59 Å². The number of unbranched alkanes of at least 4 members (excludes halogenated alkanes) is 4. The van der Waals surface area contributed by atoms with E-state index >= 15 is 0 Å². The molecule has 0 unspecified atom stereocenters. The number of carboxylic acids is 1. The number of halogens is 2. The molecule has 2 amide bonds. The molecule has 0 heterocycles. The van der Waals surface area contributed by atoms with E-state index in [0.717, 1.165) is 38.5 Å². The van der Waals surface area contributed by atoms with Crippen LogP contribution in [0.1, 0.15) is 75.6 Å². The minimum Gasteiger partial charge on any atom is -0.481 e. The van der Waals surface area contributed by atoms with Crippen LogP contribution in [0, 0.1) is 0 Å². The molecule has 0 bridgehead atoms. The Bertz CT molecular complexity index is 709. The molecule has 0 fully saturated rings. The summed E-state index contributed by atoms with van der Waals surface area (Å²) < 4.78 is 0. The van der Waals surface area contributed by atoms with E-state index in [2.05, 4.69) is 19.2 Å². The third-order valence-corrected chi connectivity index (χ3v) is 5.55. The summed E-state index contributed by atoms with van der Waals surface area (Å²) in [7, 11) is 0. The van der Waals surface area contributed by atoms with Crippen LogP contribution in [0.3, 0.4) is 0 Å². The SMILES string of the molecule is CCCCCN(CCCCC)C(=O)[C@@H](CCC(=O)O)NC(=O)c1ccc(Cl)c(Cl)c1.[Na+]. The first kappa shape index (κ1) is 30.2. The molecule has 0 aliphatic heterocycles. The Kier molecular flexibility index (Phi) is 16.4. The van der Waals surface area contributed by atoms with Gasteiger partial charge in [-0.3, -0.25) is 14.4 Å². The minimum atomic E-state index is -1.01. The van der Waals surface area contributed by atoms with Gasteiger partial charge < -0.3 is 15.3 Å². The largest absolute Gasteiger partial charge is 1.00 e. The fourth-order valence-electron chi connectivity index (χ4n) is 3.06. The monoisotopic (exact) mass is 481 g/mol. The summed E-state index contributed by atoms with van der Waals surface area (Å²) in [5.41, 5.74) is 0.265. The first-order valence-electron chi connectivity index (χ1n) is 10.6. The van der Waals surface area contributed by atoms with E-state index in [1.165, 1.54) is 18.2 Å². The maximum atomic E-state index is 13.2. The van der Waals surface area contributed by atoms with E-state index in [0.29, 0.717) is 18.1 Å². The van der Waals surface area contributed by atoms with Gasteiger partial charge in [-0.05, 0) is 37.5 Å². The van der Waals surface area contributed by atoms with E-state index < -0.39 is 17.9 Å². The molecule has 0 saturated carbocycles. The van der Waals surface area contributed by atoms with Crippen LogP contribution >= 0.6 is 23.2 Å². The number of carbonyl (C=O) groups is 3. The van der Waals surface area contributed by atoms with Gasteiger partial charge in [0.2, 0.25) is 5.91 Å². The Hall–Kier alpha value is -0.790. The van der Waals surface area contributed by atoms with Crippen molar-refractivity contribution >= 4 is 41.0 Å². The normalized spacial score (nSPS) is 11.4. The van der Waals surface area contributed by atoms with Crippen molar-refractivity contribution in [3.05, 3.63) is 33.8 Å². The number of nitrogens with one attached hydrogen (secondary N) is 1. The first-order valence-corrected chi connectivity index (χ1v) is 11.3. The van der Waals surface area contributed by atoms with Crippen molar-refractivity contribution in [3.8, 4) is 0 Å². The molecular formula is C22H32Cl2N2NaO4+. The van der Waals surface area contributed by atoms with Gasteiger partial charge >= 0.3 is 35.5 Å². The van der Waals surface area contributed by atoms with Crippen LogP contribution in [0.5, 0.6) is 0 Å². The fraction of sp³-hybridized carbons (Fsp3) is 0.591. The number of hydrogen-bond donors (Lipinski definition) is 2. The summed E-state index contributed by atoms with van der Waals surface area (Å²) in [6, 6.07) is 3.54. The van der Waals surface area contributed by atoms with Crippen LogP contribution in [0.4, 0.5) is 0 Å². The van der Waals surface area contributed by atoms with Gasteiger partial charge in [0.1, 0.15) is 6.04 Å². The molecular weight excluding hydrogens is 450 g/mol. The van der Waals surface area contributed by atoms with Gasteiger partial charge in [-0.2, -0.15) is 0 Å². The van der Waals surface area contributed by atoms with E-state index in [-0.39, 0.29) is 58.9 Å². The third kappa shape index (κ3) is 11.6. The number of carboxylic acid groups (broad SMARTS) is 1. The van der Waals surface area contributed by atoms with Crippen molar-refractivity contribution in [3.63, 3.8) is 0 Å². The quantitative estimate of drug-likeness (QED) is 0.315. The van der Waals surface area contributed by atoms with E-state index in [1.807, 2.05) is 0 Å². The molecule has 6 nitrogen and oxygen atoms in total. The van der Waals surface area contributed by atoms with E-state index in [9.17, 15) is 14.4 Å². The smallest absolute Gasteiger partial charge is 0.481 e. The van der Waals surface area contributed by atoms with Gasteiger partial charge in [0.25, 0.3) is 5.91 Å². The summed E-state index contributed by atoms with van der Waals surface area (Å²) >= 11 is 11.9. The van der Waals surface area contributed by atoms with Crippen LogP contribution in [0.2, 0.25) is 10.0 Å². The van der Waals surface area contributed by atoms with E-state index in [4.69, 9.17) is 28.3 Å². The third-order valence-electron chi connectivity index (χ3n) is 4.81. The molecule has 0 saturated heterocycles. The van der Waals surface area contributed by atoms with Crippen molar-refractivity contribution in [2.75, 3.05) is 13.1 Å². The molecule has 1 rings (SSSR count). The van der Waals surface area contributed by atoms with Crippen molar-refractivity contribution < 1.29 is 49.0 Å². The molecule has 0 spiro atoms.